The second-order valence-corrected chi connectivity index (χ2v) is 9.47. The number of anilines is 1. The van der Waals surface area contributed by atoms with Crippen LogP contribution in [0.25, 0.3) is 0 Å². The van der Waals surface area contributed by atoms with Crippen LogP contribution >= 0.6 is 0 Å². The van der Waals surface area contributed by atoms with E-state index in [0.717, 1.165) is 64.2 Å². The molecule has 3 saturated heterocycles. The van der Waals surface area contributed by atoms with Crippen LogP contribution < -0.4 is 10.2 Å². The number of hydrogen-bond donors (Lipinski definition) is 1. The third-order valence-corrected chi connectivity index (χ3v) is 7.31. The van der Waals surface area contributed by atoms with Crippen molar-refractivity contribution < 1.29 is 4.79 Å². The number of carbonyl (C=O) groups excluding carboxylic acids is 1. The Bertz CT molecular complexity index is 880. The quantitative estimate of drug-likeness (QED) is 0.646. The first-order valence-electron chi connectivity index (χ1n) is 12.2. The molecule has 1 N–H and O–H groups in total. The van der Waals surface area contributed by atoms with Gasteiger partial charge in [-0.15, -0.1) is 0 Å². The Morgan fingerprint density at radius 3 is 2.44 bits per heavy atom. The number of nitrogens with one attached hydrogen (secondary N) is 1. The summed E-state index contributed by atoms with van der Waals surface area (Å²) in [5.74, 6) is 0.225. The van der Waals surface area contributed by atoms with Gasteiger partial charge in [-0.1, -0.05) is 30.3 Å². The minimum atomic E-state index is 0.225. The number of pyridine rings is 1. The van der Waals surface area contributed by atoms with Gasteiger partial charge >= 0.3 is 0 Å². The lowest BCUT2D eigenvalue weighted by atomic mass is 10.1. The van der Waals surface area contributed by atoms with Crippen molar-refractivity contribution in [2.75, 3.05) is 57.3 Å². The Balaban J connectivity index is 1.05. The molecule has 0 aliphatic carbocycles. The molecule has 5 rings (SSSR count). The summed E-state index contributed by atoms with van der Waals surface area (Å²) in [5.41, 5.74) is 3.40. The first-order valence-corrected chi connectivity index (χ1v) is 12.2. The van der Waals surface area contributed by atoms with Crippen molar-refractivity contribution in [1.29, 1.82) is 0 Å². The van der Waals surface area contributed by atoms with Crippen molar-refractivity contribution in [3.05, 3.63) is 59.9 Å². The van der Waals surface area contributed by atoms with Crippen LogP contribution in [0, 0.1) is 0 Å². The minimum absolute atomic E-state index is 0.225. The predicted octanol–water partition coefficient (Wildman–Crippen LogP) is 2.46. The number of benzene rings is 1. The zero-order valence-corrected chi connectivity index (χ0v) is 19.0. The highest BCUT2D eigenvalue weighted by Gasteiger charge is 2.36. The summed E-state index contributed by atoms with van der Waals surface area (Å²) >= 11 is 0. The van der Waals surface area contributed by atoms with Gasteiger partial charge in [-0.2, -0.15) is 0 Å². The number of aryl methyl sites for hydroxylation is 1. The molecule has 0 amide bonds. The highest BCUT2D eigenvalue weighted by atomic mass is 16.1. The lowest BCUT2D eigenvalue weighted by molar-refractivity contribution is 0.0851. The van der Waals surface area contributed by atoms with Crippen molar-refractivity contribution in [3.63, 3.8) is 0 Å². The molecule has 3 aliphatic heterocycles. The van der Waals surface area contributed by atoms with Crippen LogP contribution in [0.2, 0.25) is 0 Å². The molecule has 1 aromatic heterocycles. The Hall–Kier alpha value is -2.28. The average Bonchev–Trinajstić information content (AvgIpc) is 3.09. The highest BCUT2D eigenvalue weighted by molar-refractivity contribution is 5.97. The molecular weight excluding hydrogens is 398 g/mol. The number of hydrogen-bond acceptors (Lipinski definition) is 6. The second-order valence-electron chi connectivity index (χ2n) is 9.47. The van der Waals surface area contributed by atoms with Gasteiger partial charge in [-0.25, -0.2) is 0 Å². The summed E-state index contributed by atoms with van der Waals surface area (Å²) in [6.07, 6.45) is 6.76. The molecule has 170 valence electrons. The van der Waals surface area contributed by atoms with E-state index in [9.17, 15) is 4.79 Å². The summed E-state index contributed by atoms with van der Waals surface area (Å²) in [4.78, 5) is 24.6. The molecule has 6 nitrogen and oxygen atoms in total. The van der Waals surface area contributed by atoms with E-state index in [0.29, 0.717) is 18.6 Å². The van der Waals surface area contributed by atoms with Crippen LogP contribution in [0.5, 0.6) is 0 Å². The van der Waals surface area contributed by atoms with Crippen LogP contribution in [0.1, 0.15) is 35.3 Å². The number of Topliss-reactive ketones (excluding diaryl/α,β-unsaturated/α-hetero) is 1. The summed E-state index contributed by atoms with van der Waals surface area (Å²) in [6, 6.07) is 15.5. The fraction of sp³-hybridized carbons (Fsp3) is 0.538. The SMILES string of the molecule is O=C(CN1CCN(CCCc2cc(N3C4CCC3CNC4)ccn2)CC1)c1ccccc1. The monoisotopic (exact) mass is 433 g/mol. The minimum Gasteiger partial charge on any atom is -0.363 e. The largest absolute Gasteiger partial charge is 0.363 e. The molecule has 0 saturated carbocycles. The van der Waals surface area contributed by atoms with Gasteiger partial charge in [0, 0.05) is 74.5 Å². The van der Waals surface area contributed by atoms with E-state index in [4.69, 9.17) is 0 Å². The van der Waals surface area contributed by atoms with E-state index in [1.807, 2.05) is 36.5 Å². The zero-order chi connectivity index (χ0) is 21.8. The summed E-state index contributed by atoms with van der Waals surface area (Å²) < 4.78 is 0. The summed E-state index contributed by atoms with van der Waals surface area (Å²) in [5, 5.41) is 3.57. The van der Waals surface area contributed by atoms with Crippen LogP contribution in [0.15, 0.2) is 48.7 Å². The fourth-order valence-electron chi connectivity index (χ4n) is 5.54. The molecule has 2 aromatic rings. The molecule has 2 bridgehead atoms. The van der Waals surface area contributed by atoms with Crippen LogP contribution in [0.3, 0.4) is 0 Å². The maximum atomic E-state index is 12.4. The standard InChI is InChI=1S/C26H35N5O/c32-26(21-5-2-1-3-6-21)20-30-15-13-29(14-16-30)12-4-7-22-17-23(10-11-28-22)31-24-8-9-25(31)19-27-18-24/h1-3,5-6,10-11,17,24-25,27H,4,7-9,12-16,18-20H2. The number of piperazine rings is 2. The first-order chi connectivity index (χ1) is 15.8. The van der Waals surface area contributed by atoms with E-state index in [1.165, 1.54) is 24.2 Å². The van der Waals surface area contributed by atoms with Crippen molar-refractivity contribution in [2.24, 2.45) is 0 Å². The molecular formula is C26H35N5O. The van der Waals surface area contributed by atoms with Gasteiger partial charge in [0.05, 0.1) is 6.54 Å². The maximum absolute atomic E-state index is 12.4. The number of aromatic nitrogens is 1. The van der Waals surface area contributed by atoms with Gasteiger partial charge < -0.3 is 15.1 Å². The Morgan fingerprint density at radius 2 is 1.69 bits per heavy atom. The molecule has 6 heteroatoms. The Morgan fingerprint density at radius 1 is 0.969 bits per heavy atom. The van der Waals surface area contributed by atoms with Crippen molar-refractivity contribution in [1.82, 2.24) is 20.1 Å². The van der Waals surface area contributed by atoms with Gasteiger partial charge in [0.1, 0.15) is 0 Å². The molecule has 32 heavy (non-hydrogen) atoms. The van der Waals surface area contributed by atoms with Crippen molar-refractivity contribution in [2.45, 2.75) is 37.8 Å². The summed E-state index contributed by atoms with van der Waals surface area (Å²) in [6.45, 7) is 7.87. The average molecular weight is 434 g/mol. The van der Waals surface area contributed by atoms with Crippen LogP contribution in [0.4, 0.5) is 5.69 Å². The molecule has 4 heterocycles. The zero-order valence-electron chi connectivity index (χ0n) is 19.0. The number of fused-ring (bicyclic) bond motifs is 2. The third kappa shape index (κ3) is 5.03. The van der Waals surface area contributed by atoms with Gasteiger partial charge in [-0.05, 0) is 44.4 Å². The Labute approximate surface area is 191 Å². The van der Waals surface area contributed by atoms with Gasteiger partial charge in [-0.3, -0.25) is 14.7 Å². The fourth-order valence-corrected chi connectivity index (χ4v) is 5.54. The van der Waals surface area contributed by atoms with E-state index >= 15 is 0 Å². The molecule has 1 aromatic carbocycles. The number of ketones is 1. The summed E-state index contributed by atoms with van der Waals surface area (Å²) in [7, 11) is 0. The Kier molecular flexibility index (Phi) is 6.81. The van der Waals surface area contributed by atoms with Crippen molar-refractivity contribution >= 4 is 11.5 Å². The third-order valence-electron chi connectivity index (χ3n) is 7.31. The molecule has 3 fully saturated rings. The smallest absolute Gasteiger partial charge is 0.176 e. The number of rotatable bonds is 8. The highest BCUT2D eigenvalue weighted by Crippen LogP contribution is 2.32. The lowest BCUT2D eigenvalue weighted by Gasteiger charge is -2.37. The lowest BCUT2D eigenvalue weighted by Crippen LogP contribution is -2.52. The van der Waals surface area contributed by atoms with E-state index in [-0.39, 0.29) is 5.78 Å². The van der Waals surface area contributed by atoms with Gasteiger partial charge in [0.2, 0.25) is 0 Å². The predicted molar refractivity (Wildman–Crippen MR) is 128 cm³/mol. The van der Waals surface area contributed by atoms with Crippen LogP contribution in [-0.4, -0.2) is 85.0 Å². The number of nitrogens with zero attached hydrogens (tertiary/aromatic N) is 4. The molecule has 0 spiro atoms. The number of carbonyl (C=O) groups is 1. The first kappa shape index (κ1) is 21.6. The van der Waals surface area contributed by atoms with E-state index in [1.54, 1.807) is 0 Å². The molecule has 3 aliphatic rings. The van der Waals surface area contributed by atoms with Gasteiger partial charge in [0.25, 0.3) is 0 Å². The normalized spacial score (nSPS) is 24.1. The topological polar surface area (TPSA) is 51.7 Å². The van der Waals surface area contributed by atoms with E-state index < -0.39 is 0 Å². The second kappa shape index (κ2) is 10.1. The van der Waals surface area contributed by atoms with Gasteiger partial charge in [0.15, 0.2) is 5.78 Å². The molecule has 2 unspecified atom stereocenters. The van der Waals surface area contributed by atoms with Crippen LogP contribution in [-0.2, 0) is 6.42 Å². The molecule has 2 atom stereocenters. The van der Waals surface area contributed by atoms with E-state index in [2.05, 4.69) is 37.1 Å². The maximum Gasteiger partial charge on any atom is 0.176 e. The van der Waals surface area contributed by atoms with Crippen molar-refractivity contribution in [3.8, 4) is 0 Å². The molecule has 0 radical (unpaired) electrons.